The molecule has 27 heavy (non-hydrogen) atoms. The van der Waals surface area contributed by atoms with E-state index in [1.165, 1.54) is 44.9 Å². The summed E-state index contributed by atoms with van der Waals surface area (Å²) < 4.78 is 7.59. The molecule has 2 N–H and O–H groups in total. The first-order valence-corrected chi connectivity index (χ1v) is 10.4. The molecule has 0 aliphatic rings. The molecule has 0 unspecified atom stereocenters. The second-order valence-electron chi connectivity index (χ2n) is 8.29. The molecule has 0 radical (unpaired) electrons. The molecule has 0 aromatic carbocycles. The fourth-order valence-corrected chi connectivity index (χ4v) is 2.98. The van der Waals surface area contributed by atoms with Crippen LogP contribution in [-0.2, 0) is 5.41 Å². The van der Waals surface area contributed by atoms with Crippen LogP contribution in [0, 0.1) is 0 Å². The number of nitrogen functional groups attached to an aromatic ring is 1. The van der Waals surface area contributed by atoms with Gasteiger partial charge in [-0.15, -0.1) is 0 Å². The van der Waals surface area contributed by atoms with Gasteiger partial charge in [0.2, 0.25) is 0 Å². The molecule has 0 bridgehead atoms. The van der Waals surface area contributed by atoms with Crippen molar-refractivity contribution in [1.29, 1.82) is 0 Å². The van der Waals surface area contributed by atoms with Gasteiger partial charge in [0.05, 0.1) is 12.3 Å². The molecule has 0 saturated carbocycles. The number of aromatic nitrogens is 3. The van der Waals surface area contributed by atoms with Crippen LogP contribution in [0.2, 0.25) is 0 Å². The highest BCUT2D eigenvalue weighted by Crippen LogP contribution is 2.25. The van der Waals surface area contributed by atoms with Gasteiger partial charge in [-0.2, -0.15) is 9.78 Å². The Labute approximate surface area is 164 Å². The third-order valence-corrected chi connectivity index (χ3v) is 4.71. The van der Waals surface area contributed by atoms with Gasteiger partial charge in [-0.05, 0) is 12.5 Å². The first-order chi connectivity index (χ1) is 12.9. The average molecular weight is 373 g/mol. The van der Waals surface area contributed by atoms with Crippen molar-refractivity contribution < 1.29 is 4.74 Å². The van der Waals surface area contributed by atoms with Crippen molar-refractivity contribution in [2.24, 2.45) is 0 Å². The van der Waals surface area contributed by atoms with Crippen LogP contribution >= 0.6 is 0 Å². The fourth-order valence-electron chi connectivity index (χ4n) is 2.98. The number of nitrogens with two attached hydrogens (primary N) is 1. The maximum atomic E-state index is 6.14. The van der Waals surface area contributed by atoms with Crippen LogP contribution < -0.4 is 10.5 Å². The van der Waals surface area contributed by atoms with Gasteiger partial charge in [0.15, 0.2) is 5.82 Å². The number of rotatable bonds is 11. The minimum atomic E-state index is -0.0516. The maximum absolute atomic E-state index is 6.14. The first-order valence-electron chi connectivity index (χ1n) is 10.4. The predicted molar refractivity (Wildman–Crippen MR) is 113 cm³/mol. The topological polar surface area (TPSA) is 66.0 Å². The summed E-state index contributed by atoms with van der Waals surface area (Å²) in [5.41, 5.74) is 7.04. The number of ether oxygens (including phenoxy) is 1. The minimum Gasteiger partial charge on any atom is -0.493 e. The minimum absolute atomic E-state index is 0.0516. The lowest BCUT2D eigenvalue weighted by atomic mass is 9.92. The molecule has 2 heterocycles. The zero-order chi connectivity index (χ0) is 19.7. The van der Waals surface area contributed by atoms with Crippen LogP contribution in [-0.4, -0.2) is 21.4 Å². The SMILES string of the molecule is CCCCCCCCCCOc1ccnc(-n2nc(C(C)(C)C)cc2N)c1. The van der Waals surface area contributed by atoms with E-state index in [2.05, 4.69) is 37.8 Å². The van der Waals surface area contributed by atoms with Gasteiger partial charge in [-0.25, -0.2) is 4.98 Å². The summed E-state index contributed by atoms with van der Waals surface area (Å²) in [5, 5.41) is 4.62. The van der Waals surface area contributed by atoms with Crippen LogP contribution in [0.4, 0.5) is 5.82 Å². The Hall–Kier alpha value is -2.04. The summed E-state index contributed by atoms with van der Waals surface area (Å²) in [6.07, 6.45) is 12.1. The molecule has 2 aromatic rings. The molecule has 5 nitrogen and oxygen atoms in total. The second kappa shape index (κ2) is 10.3. The van der Waals surface area contributed by atoms with Crippen molar-refractivity contribution >= 4 is 5.82 Å². The van der Waals surface area contributed by atoms with Crippen LogP contribution in [0.15, 0.2) is 24.4 Å². The maximum Gasteiger partial charge on any atom is 0.159 e. The lowest BCUT2D eigenvalue weighted by molar-refractivity contribution is 0.304. The molecule has 0 spiro atoms. The lowest BCUT2D eigenvalue weighted by Gasteiger charge is -2.14. The Morgan fingerprint density at radius 3 is 2.30 bits per heavy atom. The largest absolute Gasteiger partial charge is 0.493 e. The molecule has 0 aliphatic carbocycles. The molecule has 2 aromatic heterocycles. The number of nitrogens with zero attached hydrogens (tertiary/aromatic N) is 3. The smallest absolute Gasteiger partial charge is 0.159 e. The van der Waals surface area contributed by atoms with E-state index in [9.17, 15) is 0 Å². The van der Waals surface area contributed by atoms with E-state index in [1.807, 2.05) is 18.2 Å². The lowest BCUT2D eigenvalue weighted by Crippen LogP contribution is -2.13. The van der Waals surface area contributed by atoms with Gasteiger partial charge in [0, 0.05) is 23.7 Å². The standard InChI is InChI=1S/C22H36N4O/c1-5-6-7-8-9-10-11-12-15-27-18-13-14-24-21(16-18)26-20(23)17-19(25-26)22(2,3)4/h13-14,16-17H,5-12,15,23H2,1-4H3. The van der Waals surface area contributed by atoms with Gasteiger partial charge in [-0.1, -0.05) is 72.6 Å². The molecule has 0 amide bonds. The van der Waals surface area contributed by atoms with Crippen LogP contribution in [0.3, 0.4) is 0 Å². The number of hydrogen-bond acceptors (Lipinski definition) is 4. The van der Waals surface area contributed by atoms with Crippen molar-refractivity contribution in [2.45, 2.75) is 84.5 Å². The Morgan fingerprint density at radius 2 is 1.67 bits per heavy atom. The molecule has 0 saturated heterocycles. The molecule has 2 rings (SSSR count). The van der Waals surface area contributed by atoms with Gasteiger partial charge >= 0.3 is 0 Å². The molecular weight excluding hydrogens is 336 g/mol. The molecular formula is C22H36N4O. The quantitative estimate of drug-likeness (QED) is 0.516. The van der Waals surface area contributed by atoms with Gasteiger partial charge in [0.1, 0.15) is 11.6 Å². The third-order valence-electron chi connectivity index (χ3n) is 4.71. The first kappa shape index (κ1) is 21.3. The molecule has 150 valence electrons. The molecule has 0 atom stereocenters. The summed E-state index contributed by atoms with van der Waals surface area (Å²) in [5.74, 6) is 2.10. The Bertz CT molecular complexity index is 688. The van der Waals surface area contributed by atoms with Gasteiger partial charge in [-0.3, -0.25) is 0 Å². The Balaban J connectivity index is 1.81. The molecule has 0 fully saturated rings. The number of unbranched alkanes of at least 4 members (excludes halogenated alkanes) is 7. The summed E-state index contributed by atoms with van der Waals surface area (Å²) in [6, 6.07) is 5.70. The normalized spacial score (nSPS) is 11.7. The summed E-state index contributed by atoms with van der Waals surface area (Å²) in [6.45, 7) is 9.36. The molecule has 5 heteroatoms. The van der Waals surface area contributed by atoms with E-state index in [0.717, 1.165) is 24.5 Å². The van der Waals surface area contributed by atoms with E-state index in [-0.39, 0.29) is 5.41 Å². The third kappa shape index (κ3) is 6.89. The zero-order valence-electron chi connectivity index (χ0n) is 17.5. The van der Waals surface area contributed by atoms with E-state index < -0.39 is 0 Å². The van der Waals surface area contributed by atoms with E-state index >= 15 is 0 Å². The van der Waals surface area contributed by atoms with Crippen molar-refractivity contribution in [3.8, 4) is 11.6 Å². The fraction of sp³-hybridized carbons (Fsp3) is 0.636. The highest BCUT2D eigenvalue weighted by atomic mass is 16.5. The van der Waals surface area contributed by atoms with Crippen molar-refractivity contribution in [2.75, 3.05) is 12.3 Å². The average Bonchev–Trinajstić information content (AvgIpc) is 3.03. The van der Waals surface area contributed by atoms with E-state index in [0.29, 0.717) is 11.6 Å². The van der Waals surface area contributed by atoms with Crippen LogP contribution in [0.1, 0.15) is 84.8 Å². The number of anilines is 1. The van der Waals surface area contributed by atoms with Crippen molar-refractivity contribution in [3.05, 3.63) is 30.1 Å². The van der Waals surface area contributed by atoms with Gasteiger partial charge in [0.25, 0.3) is 0 Å². The Morgan fingerprint density at radius 1 is 1.00 bits per heavy atom. The summed E-state index contributed by atoms with van der Waals surface area (Å²) >= 11 is 0. The predicted octanol–water partition coefficient (Wildman–Crippen LogP) is 5.67. The van der Waals surface area contributed by atoms with Crippen molar-refractivity contribution in [1.82, 2.24) is 14.8 Å². The van der Waals surface area contributed by atoms with Crippen molar-refractivity contribution in [3.63, 3.8) is 0 Å². The monoisotopic (exact) mass is 372 g/mol. The summed E-state index contributed by atoms with van der Waals surface area (Å²) in [4.78, 5) is 4.40. The number of pyridine rings is 1. The van der Waals surface area contributed by atoms with Crippen LogP contribution in [0.25, 0.3) is 5.82 Å². The summed E-state index contributed by atoms with van der Waals surface area (Å²) in [7, 11) is 0. The molecule has 0 aliphatic heterocycles. The highest BCUT2D eigenvalue weighted by molar-refractivity contribution is 5.42. The zero-order valence-corrected chi connectivity index (χ0v) is 17.5. The highest BCUT2D eigenvalue weighted by Gasteiger charge is 2.20. The van der Waals surface area contributed by atoms with Crippen LogP contribution in [0.5, 0.6) is 5.75 Å². The van der Waals surface area contributed by atoms with E-state index in [1.54, 1.807) is 10.9 Å². The Kier molecular flexibility index (Phi) is 8.14. The van der Waals surface area contributed by atoms with Gasteiger partial charge < -0.3 is 10.5 Å². The second-order valence-corrected chi connectivity index (χ2v) is 8.29. The number of hydrogen-bond donors (Lipinski definition) is 1. The van der Waals surface area contributed by atoms with E-state index in [4.69, 9.17) is 10.5 Å².